The van der Waals surface area contributed by atoms with E-state index in [1.807, 2.05) is 6.20 Å². The third kappa shape index (κ3) is 4.02. The minimum atomic E-state index is -0.209. The molecule has 1 aliphatic carbocycles. The standard InChI is InChI=1S/C49H33N3/c1-49(2)41-21-10-9-18-38(41)40-25-27-43-45(46(40)49)47-44(29-50-48(51-47)33-23-22-30-12-3-4-14-32(30)28-33)52(43)42-26-24-37(36-17-7-8-19-39(36)42)35-20-11-15-31-13-5-6-16-34(31)35/h3-29H,1-2H3. The van der Waals surface area contributed by atoms with Crippen molar-refractivity contribution in [3.8, 4) is 39.3 Å². The van der Waals surface area contributed by atoms with Crippen LogP contribution in [0.4, 0.5) is 0 Å². The molecule has 2 aromatic heterocycles. The molecule has 0 amide bonds. The number of hydrogen-bond acceptors (Lipinski definition) is 2. The first-order valence-corrected chi connectivity index (χ1v) is 18.0. The van der Waals surface area contributed by atoms with Gasteiger partial charge >= 0.3 is 0 Å². The zero-order valence-corrected chi connectivity index (χ0v) is 28.9. The quantitative estimate of drug-likeness (QED) is 0.188. The van der Waals surface area contributed by atoms with E-state index in [1.54, 1.807) is 0 Å². The Balaban J connectivity index is 1.23. The van der Waals surface area contributed by atoms with E-state index in [-0.39, 0.29) is 5.41 Å². The lowest BCUT2D eigenvalue weighted by molar-refractivity contribution is 0.666. The summed E-state index contributed by atoms with van der Waals surface area (Å²) in [6.07, 6.45) is 2.04. The van der Waals surface area contributed by atoms with Crippen molar-refractivity contribution >= 4 is 54.3 Å². The maximum Gasteiger partial charge on any atom is 0.159 e. The molecule has 0 aliphatic heterocycles. The zero-order chi connectivity index (χ0) is 34.6. The van der Waals surface area contributed by atoms with Crippen LogP contribution in [0.3, 0.4) is 0 Å². The Morgan fingerprint density at radius 3 is 2.06 bits per heavy atom. The van der Waals surface area contributed by atoms with E-state index in [1.165, 1.54) is 71.1 Å². The van der Waals surface area contributed by atoms with Crippen molar-refractivity contribution in [2.45, 2.75) is 19.3 Å². The second-order valence-corrected chi connectivity index (χ2v) is 14.6. The Kier molecular flexibility index (Phi) is 6.01. The van der Waals surface area contributed by atoms with Crippen molar-refractivity contribution in [3.05, 3.63) is 175 Å². The van der Waals surface area contributed by atoms with Gasteiger partial charge < -0.3 is 4.57 Å². The number of aromatic nitrogens is 3. The normalized spacial score (nSPS) is 13.3. The van der Waals surface area contributed by atoms with Gasteiger partial charge in [-0.1, -0.05) is 153 Å². The van der Waals surface area contributed by atoms with Gasteiger partial charge in [-0.25, -0.2) is 9.97 Å². The molecule has 0 saturated heterocycles. The molecule has 2 heterocycles. The molecule has 1 aliphatic rings. The van der Waals surface area contributed by atoms with E-state index in [4.69, 9.17) is 9.97 Å². The average Bonchev–Trinajstić information content (AvgIpc) is 3.64. The summed E-state index contributed by atoms with van der Waals surface area (Å²) >= 11 is 0. The van der Waals surface area contributed by atoms with Crippen LogP contribution in [-0.2, 0) is 5.41 Å². The van der Waals surface area contributed by atoms with Crippen LogP contribution in [0.15, 0.2) is 164 Å². The number of benzene rings is 8. The molecule has 3 nitrogen and oxygen atoms in total. The monoisotopic (exact) mass is 663 g/mol. The maximum atomic E-state index is 5.48. The first kappa shape index (κ1) is 29.2. The SMILES string of the molecule is CC1(C)c2ccccc2-c2ccc3c(c21)c1nc(-c2ccc4ccccc4c2)ncc1n3-c1ccc(-c2cccc3ccccc23)c2ccccc12. The molecule has 0 unspecified atom stereocenters. The predicted octanol–water partition coefficient (Wildman–Crippen LogP) is 12.7. The first-order valence-electron chi connectivity index (χ1n) is 18.0. The largest absolute Gasteiger partial charge is 0.306 e. The van der Waals surface area contributed by atoms with Gasteiger partial charge in [-0.05, 0) is 78.5 Å². The van der Waals surface area contributed by atoms with Gasteiger partial charge in [0.2, 0.25) is 0 Å². The fourth-order valence-corrected chi connectivity index (χ4v) is 9.04. The minimum Gasteiger partial charge on any atom is -0.306 e. The molecule has 0 fully saturated rings. The van der Waals surface area contributed by atoms with Crippen LogP contribution in [-0.4, -0.2) is 14.5 Å². The molecule has 3 heteroatoms. The maximum absolute atomic E-state index is 5.48. The summed E-state index contributed by atoms with van der Waals surface area (Å²) in [6, 6.07) is 57.2. The molecule has 0 radical (unpaired) electrons. The molecule has 0 N–H and O–H groups in total. The number of fused-ring (bicyclic) bond motifs is 10. The van der Waals surface area contributed by atoms with E-state index in [0.717, 1.165) is 33.6 Å². The van der Waals surface area contributed by atoms with E-state index < -0.39 is 0 Å². The molecular weight excluding hydrogens is 631 g/mol. The molecule has 8 aromatic carbocycles. The van der Waals surface area contributed by atoms with E-state index in [2.05, 4.69) is 176 Å². The highest BCUT2D eigenvalue weighted by atomic mass is 15.0. The minimum absolute atomic E-state index is 0.209. The zero-order valence-electron chi connectivity index (χ0n) is 28.9. The molecule has 11 rings (SSSR count). The van der Waals surface area contributed by atoms with Crippen molar-refractivity contribution in [1.82, 2.24) is 14.5 Å². The van der Waals surface area contributed by atoms with Crippen molar-refractivity contribution in [3.63, 3.8) is 0 Å². The van der Waals surface area contributed by atoms with E-state index >= 15 is 0 Å². The van der Waals surface area contributed by atoms with E-state index in [9.17, 15) is 0 Å². The topological polar surface area (TPSA) is 30.7 Å². The van der Waals surface area contributed by atoms with Crippen LogP contribution >= 0.6 is 0 Å². The van der Waals surface area contributed by atoms with Gasteiger partial charge in [-0.15, -0.1) is 0 Å². The van der Waals surface area contributed by atoms with E-state index in [0.29, 0.717) is 0 Å². The highest BCUT2D eigenvalue weighted by Crippen LogP contribution is 2.53. The molecule has 0 saturated carbocycles. The van der Waals surface area contributed by atoms with Crippen molar-refractivity contribution in [2.75, 3.05) is 0 Å². The second-order valence-electron chi connectivity index (χ2n) is 14.6. The molecular formula is C49H33N3. The van der Waals surface area contributed by atoms with Crippen LogP contribution in [0.5, 0.6) is 0 Å². The molecule has 52 heavy (non-hydrogen) atoms. The Hall–Kier alpha value is -6.58. The Morgan fingerprint density at radius 2 is 1.17 bits per heavy atom. The van der Waals surface area contributed by atoms with Crippen molar-refractivity contribution in [2.24, 2.45) is 0 Å². The van der Waals surface area contributed by atoms with Gasteiger partial charge in [-0.3, -0.25) is 0 Å². The van der Waals surface area contributed by atoms with Crippen LogP contribution in [0.1, 0.15) is 25.0 Å². The van der Waals surface area contributed by atoms with Crippen LogP contribution in [0.25, 0.3) is 93.6 Å². The Labute approximate surface area is 301 Å². The second kappa shape index (κ2) is 10.7. The number of hydrogen-bond donors (Lipinski definition) is 0. The van der Waals surface area contributed by atoms with Crippen LogP contribution in [0.2, 0.25) is 0 Å². The van der Waals surface area contributed by atoms with Crippen molar-refractivity contribution in [1.29, 1.82) is 0 Å². The van der Waals surface area contributed by atoms with Gasteiger partial charge in [0.25, 0.3) is 0 Å². The average molecular weight is 664 g/mol. The van der Waals surface area contributed by atoms with Crippen LogP contribution in [0, 0.1) is 0 Å². The number of nitrogens with zero attached hydrogens (tertiary/aromatic N) is 3. The fourth-order valence-electron chi connectivity index (χ4n) is 9.04. The first-order chi connectivity index (χ1) is 25.6. The van der Waals surface area contributed by atoms with Gasteiger partial charge in [0, 0.05) is 21.8 Å². The highest BCUT2D eigenvalue weighted by molar-refractivity contribution is 6.15. The number of rotatable bonds is 3. The highest BCUT2D eigenvalue weighted by Gasteiger charge is 2.38. The third-order valence-electron chi connectivity index (χ3n) is 11.4. The summed E-state index contributed by atoms with van der Waals surface area (Å²) in [4.78, 5) is 10.6. The molecule has 0 atom stereocenters. The Morgan fingerprint density at radius 1 is 0.500 bits per heavy atom. The summed E-state index contributed by atoms with van der Waals surface area (Å²) in [7, 11) is 0. The van der Waals surface area contributed by atoms with Crippen LogP contribution < -0.4 is 0 Å². The van der Waals surface area contributed by atoms with Gasteiger partial charge in [0.05, 0.1) is 22.9 Å². The Bertz CT molecular complexity index is 3100. The van der Waals surface area contributed by atoms with Crippen molar-refractivity contribution < 1.29 is 0 Å². The summed E-state index contributed by atoms with van der Waals surface area (Å²) in [5.41, 5.74) is 12.8. The smallest absolute Gasteiger partial charge is 0.159 e. The van der Waals surface area contributed by atoms with Gasteiger partial charge in [-0.2, -0.15) is 0 Å². The lowest BCUT2D eigenvalue weighted by Crippen LogP contribution is -2.15. The van der Waals surface area contributed by atoms with Gasteiger partial charge in [0.1, 0.15) is 5.52 Å². The molecule has 244 valence electrons. The summed E-state index contributed by atoms with van der Waals surface area (Å²) in [6.45, 7) is 4.72. The molecule has 10 aromatic rings. The fraction of sp³-hybridized carbons (Fsp3) is 0.0612. The van der Waals surface area contributed by atoms with Gasteiger partial charge in [0.15, 0.2) is 5.82 Å². The summed E-state index contributed by atoms with van der Waals surface area (Å²) in [5, 5.41) is 8.49. The summed E-state index contributed by atoms with van der Waals surface area (Å²) < 4.78 is 2.41. The lowest BCUT2D eigenvalue weighted by atomic mass is 9.81. The predicted molar refractivity (Wildman–Crippen MR) is 217 cm³/mol. The molecule has 0 spiro atoms. The summed E-state index contributed by atoms with van der Waals surface area (Å²) in [5.74, 6) is 0.736. The molecule has 0 bridgehead atoms. The third-order valence-corrected chi connectivity index (χ3v) is 11.4. The lowest BCUT2D eigenvalue weighted by Gasteiger charge is -2.22.